The van der Waals surface area contributed by atoms with Crippen molar-refractivity contribution >= 4 is 5.97 Å². The Morgan fingerprint density at radius 3 is 2.92 bits per heavy atom. The van der Waals surface area contributed by atoms with Crippen molar-refractivity contribution in [1.29, 1.82) is 0 Å². The summed E-state index contributed by atoms with van der Waals surface area (Å²) in [5.41, 5.74) is 0.711. The molecule has 1 aromatic rings. The second-order valence-corrected chi connectivity index (χ2v) is 3.06. The van der Waals surface area contributed by atoms with Gasteiger partial charge in [0, 0.05) is 0 Å². The molecule has 1 aliphatic heterocycles. The predicted octanol–water partition coefficient (Wildman–Crippen LogP) is 1.86. The highest BCUT2D eigenvalue weighted by Crippen LogP contribution is 2.26. The number of hydrogen-bond donors (Lipinski definition) is 0. The molecule has 68 valence electrons. The highest BCUT2D eigenvalue weighted by atomic mass is 19.1. The fourth-order valence-corrected chi connectivity index (χ4v) is 1.52. The fourth-order valence-electron chi connectivity index (χ4n) is 1.52. The minimum absolute atomic E-state index is 0.245. The number of carbonyl (C=O) groups excluding carboxylic acids is 1. The lowest BCUT2D eigenvalue weighted by Gasteiger charge is -2.04. The van der Waals surface area contributed by atoms with E-state index in [-0.39, 0.29) is 17.7 Å². The van der Waals surface area contributed by atoms with E-state index in [2.05, 4.69) is 0 Å². The molecule has 3 heteroatoms. The second kappa shape index (κ2) is 3.17. The predicted molar refractivity (Wildman–Crippen MR) is 44.7 cm³/mol. The first kappa shape index (κ1) is 8.23. The molecule has 1 aromatic carbocycles. The van der Waals surface area contributed by atoms with Crippen LogP contribution in [0.2, 0.25) is 0 Å². The van der Waals surface area contributed by atoms with E-state index in [1.807, 2.05) is 0 Å². The maximum Gasteiger partial charge on any atom is 0.313 e. The van der Waals surface area contributed by atoms with Gasteiger partial charge < -0.3 is 4.74 Å². The second-order valence-electron chi connectivity index (χ2n) is 3.06. The molecule has 1 heterocycles. The third-order valence-electron chi connectivity index (χ3n) is 2.19. The van der Waals surface area contributed by atoms with Gasteiger partial charge in [0.2, 0.25) is 0 Å². The van der Waals surface area contributed by atoms with Crippen LogP contribution >= 0.6 is 0 Å². The molecule has 2 rings (SSSR count). The molecule has 13 heavy (non-hydrogen) atoms. The van der Waals surface area contributed by atoms with Crippen molar-refractivity contribution in [2.75, 3.05) is 6.61 Å². The van der Waals surface area contributed by atoms with Gasteiger partial charge in [-0.1, -0.05) is 12.1 Å². The largest absolute Gasteiger partial charge is 0.465 e. The Balaban J connectivity index is 2.29. The summed E-state index contributed by atoms with van der Waals surface area (Å²) in [6.07, 6.45) is 0.655. The molecular formula is C10H9FO2. The van der Waals surface area contributed by atoms with Crippen LogP contribution in [0.4, 0.5) is 4.39 Å². The maximum absolute atomic E-state index is 12.8. The van der Waals surface area contributed by atoms with Gasteiger partial charge in [0.25, 0.3) is 0 Å². The van der Waals surface area contributed by atoms with Crippen LogP contribution in [0, 0.1) is 5.82 Å². The summed E-state index contributed by atoms with van der Waals surface area (Å²) >= 11 is 0. The van der Waals surface area contributed by atoms with Crippen molar-refractivity contribution in [3.05, 3.63) is 35.6 Å². The molecule has 0 spiro atoms. The number of cyclic esters (lactones) is 1. The molecule has 0 bridgehead atoms. The summed E-state index contributed by atoms with van der Waals surface area (Å²) in [4.78, 5) is 11.1. The summed E-state index contributed by atoms with van der Waals surface area (Å²) in [5.74, 6) is -0.821. The quantitative estimate of drug-likeness (QED) is 0.616. The first-order valence-electron chi connectivity index (χ1n) is 4.19. The van der Waals surface area contributed by atoms with E-state index in [1.165, 1.54) is 12.1 Å². The number of benzene rings is 1. The topological polar surface area (TPSA) is 26.3 Å². The average Bonchev–Trinajstić information content (AvgIpc) is 2.51. The Kier molecular flexibility index (Phi) is 2.00. The van der Waals surface area contributed by atoms with Crippen molar-refractivity contribution in [2.45, 2.75) is 12.3 Å². The fraction of sp³-hybridized carbons (Fsp3) is 0.300. The molecule has 2 nitrogen and oxygen atoms in total. The molecule has 0 amide bonds. The standard InChI is InChI=1S/C10H9FO2/c11-8-3-1-2-7(6-8)9-4-5-13-10(9)12/h1-3,6,9H,4-5H2. The molecule has 0 N–H and O–H groups in total. The van der Waals surface area contributed by atoms with Crippen LogP contribution in [0.25, 0.3) is 0 Å². The monoisotopic (exact) mass is 180 g/mol. The molecule has 1 unspecified atom stereocenters. The third kappa shape index (κ3) is 1.54. The van der Waals surface area contributed by atoms with Crippen LogP contribution in [0.5, 0.6) is 0 Å². The van der Waals surface area contributed by atoms with E-state index in [1.54, 1.807) is 12.1 Å². The number of ether oxygens (including phenoxy) is 1. The molecule has 0 aliphatic carbocycles. The highest BCUT2D eigenvalue weighted by Gasteiger charge is 2.27. The minimum atomic E-state index is -0.308. The van der Waals surface area contributed by atoms with Crippen molar-refractivity contribution in [3.63, 3.8) is 0 Å². The van der Waals surface area contributed by atoms with Gasteiger partial charge in [0.05, 0.1) is 12.5 Å². The van der Waals surface area contributed by atoms with E-state index in [0.29, 0.717) is 18.6 Å². The van der Waals surface area contributed by atoms with Crippen molar-refractivity contribution in [3.8, 4) is 0 Å². The van der Waals surface area contributed by atoms with Gasteiger partial charge >= 0.3 is 5.97 Å². The van der Waals surface area contributed by atoms with Crippen LogP contribution in [-0.2, 0) is 9.53 Å². The van der Waals surface area contributed by atoms with Gasteiger partial charge in [-0.25, -0.2) is 4.39 Å². The molecular weight excluding hydrogens is 171 g/mol. The molecule has 0 radical (unpaired) electrons. The summed E-state index contributed by atoms with van der Waals surface area (Å²) in [6, 6.07) is 6.11. The van der Waals surface area contributed by atoms with Crippen LogP contribution in [0.1, 0.15) is 17.9 Å². The van der Waals surface area contributed by atoms with E-state index < -0.39 is 0 Å². The van der Waals surface area contributed by atoms with Gasteiger partial charge in [0.1, 0.15) is 5.82 Å². The lowest BCUT2D eigenvalue weighted by atomic mass is 9.98. The van der Waals surface area contributed by atoms with Crippen molar-refractivity contribution in [2.24, 2.45) is 0 Å². The maximum atomic E-state index is 12.8. The number of halogens is 1. The van der Waals surface area contributed by atoms with E-state index >= 15 is 0 Å². The molecule has 1 fully saturated rings. The summed E-state index contributed by atoms with van der Waals surface area (Å²) in [7, 11) is 0. The SMILES string of the molecule is O=C1OCCC1c1cccc(F)c1. The normalized spacial score (nSPS) is 21.6. The van der Waals surface area contributed by atoms with E-state index in [0.717, 1.165) is 0 Å². The minimum Gasteiger partial charge on any atom is -0.465 e. The third-order valence-corrected chi connectivity index (χ3v) is 2.19. The Hall–Kier alpha value is -1.38. The molecule has 0 aromatic heterocycles. The van der Waals surface area contributed by atoms with Crippen molar-refractivity contribution < 1.29 is 13.9 Å². The van der Waals surface area contributed by atoms with Gasteiger partial charge in [-0.15, -0.1) is 0 Å². The van der Waals surface area contributed by atoms with Crippen molar-refractivity contribution in [1.82, 2.24) is 0 Å². The summed E-state index contributed by atoms with van der Waals surface area (Å²) < 4.78 is 17.6. The van der Waals surface area contributed by atoms with E-state index in [4.69, 9.17) is 4.74 Å². The highest BCUT2D eigenvalue weighted by molar-refractivity contribution is 5.79. The Labute approximate surface area is 75.3 Å². The molecule has 0 saturated carbocycles. The van der Waals surface area contributed by atoms with E-state index in [9.17, 15) is 9.18 Å². The Morgan fingerprint density at radius 1 is 1.46 bits per heavy atom. The average molecular weight is 180 g/mol. The zero-order valence-electron chi connectivity index (χ0n) is 7.00. The lowest BCUT2D eigenvalue weighted by molar-refractivity contribution is -0.139. The first-order chi connectivity index (χ1) is 6.27. The van der Waals surface area contributed by atoms with Crippen LogP contribution < -0.4 is 0 Å². The van der Waals surface area contributed by atoms with Crippen LogP contribution in [0.15, 0.2) is 24.3 Å². The molecule has 1 atom stereocenters. The first-order valence-corrected chi connectivity index (χ1v) is 4.19. The van der Waals surface area contributed by atoms with Gasteiger partial charge in [-0.3, -0.25) is 4.79 Å². The lowest BCUT2D eigenvalue weighted by Crippen LogP contribution is -2.05. The zero-order valence-corrected chi connectivity index (χ0v) is 7.00. The number of hydrogen-bond acceptors (Lipinski definition) is 2. The summed E-state index contributed by atoms with van der Waals surface area (Å²) in [5, 5.41) is 0. The van der Waals surface area contributed by atoms with Gasteiger partial charge in [0.15, 0.2) is 0 Å². The molecule has 1 saturated heterocycles. The van der Waals surface area contributed by atoms with Gasteiger partial charge in [-0.05, 0) is 24.1 Å². The molecule has 1 aliphatic rings. The number of esters is 1. The Bertz CT molecular complexity index is 335. The van der Waals surface area contributed by atoms with Crippen LogP contribution in [0.3, 0.4) is 0 Å². The van der Waals surface area contributed by atoms with Crippen LogP contribution in [-0.4, -0.2) is 12.6 Å². The van der Waals surface area contributed by atoms with Gasteiger partial charge in [-0.2, -0.15) is 0 Å². The zero-order chi connectivity index (χ0) is 9.26. The number of carbonyl (C=O) groups is 1. The Morgan fingerprint density at radius 2 is 2.31 bits per heavy atom. The smallest absolute Gasteiger partial charge is 0.313 e. The number of rotatable bonds is 1. The summed E-state index contributed by atoms with van der Waals surface area (Å²) in [6.45, 7) is 0.444.